The SMILES string of the molecule is CCC=N/C=C(\N)N(C)CCCN(CC)/C(C)=C\NC(=O)/C=C(\C)CF. The van der Waals surface area contributed by atoms with E-state index < -0.39 is 6.67 Å². The van der Waals surface area contributed by atoms with Crippen LogP contribution in [0.3, 0.4) is 0 Å². The fourth-order valence-corrected chi connectivity index (χ4v) is 2.12. The standard InChI is InChI=1S/C19H34FN5O/c1-6-9-22-15-18(21)24(5)10-8-11-25(7-2)17(4)14-23-19(26)12-16(3)13-20/h9,12,14-15H,6-8,10-11,13,21H2,1-5H3,(H,23,26)/b16-12+,17-14-,18-15+,22-9?. The van der Waals surface area contributed by atoms with Crippen molar-refractivity contribution >= 4 is 12.1 Å². The Hall–Kier alpha value is -2.31. The number of carbonyl (C=O) groups is 1. The molecule has 7 heteroatoms. The molecule has 148 valence electrons. The quantitative estimate of drug-likeness (QED) is 0.411. The fraction of sp³-hybridized carbons (Fsp3) is 0.579. The van der Waals surface area contributed by atoms with Crippen LogP contribution in [0.4, 0.5) is 4.39 Å². The Kier molecular flexibility index (Phi) is 12.7. The van der Waals surface area contributed by atoms with Crippen LogP contribution in [0.5, 0.6) is 0 Å². The monoisotopic (exact) mass is 367 g/mol. The molecule has 3 N–H and O–H groups in total. The lowest BCUT2D eigenvalue weighted by Crippen LogP contribution is -2.30. The van der Waals surface area contributed by atoms with Crippen LogP contribution in [0.25, 0.3) is 0 Å². The summed E-state index contributed by atoms with van der Waals surface area (Å²) in [5.74, 6) is 0.313. The third-order valence-electron chi connectivity index (χ3n) is 3.75. The Bertz CT molecular complexity index is 540. The van der Waals surface area contributed by atoms with Gasteiger partial charge < -0.3 is 20.9 Å². The molecule has 0 saturated heterocycles. The van der Waals surface area contributed by atoms with Gasteiger partial charge in [0.05, 0.1) is 6.20 Å². The fourth-order valence-electron chi connectivity index (χ4n) is 2.12. The molecule has 0 aliphatic rings. The smallest absolute Gasteiger partial charge is 0.247 e. The Morgan fingerprint density at radius 1 is 1.27 bits per heavy atom. The number of nitrogens with zero attached hydrogens (tertiary/aromatic N) is 3. The van der Waals surface area contributed by atoms with Crippen LogP contribution < -0.4 is 11.1 Å². The molecule has 0 fully saturated rings. The van der Waals surface area contributed by atoms with E-state index in [-0.39, 0.29) is 5.91 Å². The van der Waals surface area contributed by atoms with Gasteiger partial charge in [0, 0.05) is 50.9 Å². The van der Waals surface area contributed by atoms with Crippen LogP contribution in [-0.4, -0.2) is 55.3 Å². The zero-order chi connectivity index (χ0) is 19.9. The summed E-state index contributed by atoms with van der Waals surface area (Å²) in [6.45, 7) is 9.45. The summed E-state index contributed by atoms with van der Waals surface area (Å²) in [6, 6.07) is 0. The Morgan fingerprint density at radius 2 is 1.96 bits per heavy atom. The van der Waals surface area contributed by atoms with Gasteiger partial charge in [-0.3, -0.25) is 9.79 Å². The Labute approximate surface area is 157 Å². The highest BCUT2D eigenvalue weighted by molar-refractivity contribution is 5.88. The Morgan fingerprint density at radius 3 is 2.54 bits per heavy atom. The summed E-state index contributed by atoms with van der Waals surface area (Å²) < 4.78 is 12.4. The zero-order valence-electron chi connectivity index (χ0n) is 16.8. The van der Waals surface area contributed by atoms with Crippen LogP contribution in [0.15, 0.2) is 40.6 Å². The number of hydrogen-bond donors (Lipinski definition) is 2. The maximum absolute atomic E-state index is 12.4. The number of nitrogens with two attached hydrogens (primary N) is 1. The maximum Gasteiger partial charge on any atom is 0.247 e. The van der Waals surface area contributed by atoms with Crippen LogP contribution in [0.2, 0.25) is 0 Å². The number of halogens is 1. The van der Waals surface area contributed by atoms with Crippen LogP contribution >= 0.6 is 0 Å². The largest absolute Gasteiger partial charge is 0.384 e. The summed E-state index contributed by atoms with van der Waals surface area (Å²) in [5.41, 5.74) is 7.32. The van der Waals surface area contributed by atoms with Gasteiger partial charge in [-0.2, -0.15) is 0 Å². The van der Waals surface area contributed by atoms with Gasteiger partial charge in [0.2, 0.25) is 5.91 Å². The van der Waals surface area contributed by atoms with E-state index in [0.29, 0.717) is 11.4 Å². The average molecular weight is 368 g/mol. The van der Waals surface area contributed by atoms with Gasteiger partial charge in [-0.15, -0.1) is 0 Å². The second-order valence-electron chi connectivity index (χ2n) is 6.07. The zero-order valence-corrected chi connectivity index (χ0v) is 16.8. The number of amides is 1. The molecular weight excluding hydrogens is 333 g/mol. The van der Waals surface area contributed by atoms with Crippen LogP contribution in [0.1, 0.15) is 40.5 Å². The molecule has 6 nitrogen and oxygen atoms in total. The molecule has 0 rings (SSSR count). The summed E-state index contributed by atoms with van der Waals surface area (Å²) in [5, 5.41) is 2.67. The van der Waals surface area contributed by atoms with Gasteiger partial charge >= 0.3 is 0 Å². The molecular formula is C19H34FN5O. The van der Waals surface area contributed by atoms with E-state index in [2.05, 4.69) is 22.1 Å². The predicted molar refractivity (Wildman–Crippen MR) is 107 cm³/mol. The van der Waals surface area contributed by atoms with E-state index in [1.807, 2.05) is 32.0 Å². The highest BCUT2D eigenvalue weighted by Crippen LogP contribution is 2.05. The van der Waals surface area contributed by atoms with Gasteiger partial charge in [-0.25, -0.2) is 4.39 Å². The lowest BCUT2D eigenvalue weighted by molar-refractivity contribution is -0.115. The molecule has 26 heavy (non-hydrogen) atoms. The lowest BCUT2D eigenvalue weighted by Gasteiger charge is -2.26. The topological polar surface area (TPSA) is 74.0 Å². The van der Waals surface area contributed by atoms with E-state index in [4.69, 9.17) is 5.73 Å². The van der Waals surface area contributed by atoms with Crippen molar-refractivity contribution in [1.82, 2.24) is 15.1 Å². The van der Waals surface area contributed by atoms with Crippen molar-refractivity contribution in [3.8, 4) is 0 Å². The van der Waals surface area contributed by atoms with E-state index in [1.165, 1.54) is 6.08 Å². The molecule has 0 atom stereocenters. The van der Waals surface area contributed by atoms with Crippen molar-refractivity contribution in [3.63, 3.8) is 0 Å². The van der Waals surface area contributed by atoms with Crippen molar-refractivity contribution in [2.45, 2.75) is 40.5 Å². The first kappa shape index (κ1) is 23.7. The van der Waals surface area contributed by atoms with Crippen molar-refractivity contribution in [3.05, 3.63) is 35.6 Å². The second-order valence-corrected chi connectivity index (χ2v) is 6.07. The van der Waals surface area contributed by atoms with Crippen molar-refractivity contribution in [2.75, 3.05) is 33.4 Å². The minimum Gasteiger partial charge on any atom is -0.384 e. The number of nitrogens with one attached hydrogen (secondary N) is 1. The first-order valence-electron chi connectivity index (χ1n) is 8.99. The number of alkyl halides is 1. The molecule has 1 amide bonds. The first-order chi connectivity index (χ1) is 12.3. The average Bonchev–Trinajstić information content (AvgIpc) is 2.62. The van der Waals surface area contributed by atoms with Gasteiger partial charge in [-0.1, -0.05) is 6.92 Å². The third-order valence-corrected chi connectivity index (χ3v) is 3.75. The molecule has 0 unspecified atom stereocenters. The summed E-state index contributed by atoms with van der Waals surface area (Å²) in [6.07, 6.45) is 8.19. The van der Waals surface area contributed by atoms with Crippen molar-refractivity contribution in [1.29, 1.82) is 0 Å². The number of aliphatic imine (C=N–C) groups is 1. The molecule has 0 aromatic carbocycles. The maximum atomic E-state index is 12.4. The molecule has 0 aromatic rings. The molecule has 0 saturated carbocycles. The summed E-state index contributed by atoms with van der Waals surface area (Å²) >= 11 is 0. The minimum absolute atomic E-state index is 0.319. The first-order valence-corrected chi connectivity index (χ1v) is 8.99. The van der Waals surface area contributed by atoms with Crippen LogP contribution in [0, 0.1) is 0 Å². The molecule has 0 aromatic heterocycles. The summed E-state index contributed by atoms with van der Waals surface area (Å²) in [7, 11) is 1.94. The van der Waals surface area contributed by atoms with E-state index in [1.54, 1.807) is 19.3 Å². The van der Waals surface area contributed by atoms with E-state index in [9.17, 15) is 9.18 Å². The van der Waals surface area contributed by atoms with E-state index >= 15 is 0 Å². The normalized spacial score (nSPS) is 13.2. The van der Waals surface area contributed by atoms with Gasteiger partial charge in [-0.05, 0) is 39.2 Å². The van der Waals surface area contributed by atoms with Crippen molar-refractivity contribution in [2.24, 2.45) is 10.7 Å². The number of hydrogen-bond acceptors (Lipinski definition) is 5. The molecule has 0 radical (unpaired) electrons. The Balaban J connectivity index is 4.48. The van der Waals surface area contributed by atoms with E-state index in [0.717, 1.165) is 38.2 Å². The number of allylic oxidation sites excluding steroid dienone is 2. The molecule has 0 aliphatic heterocycles. The predicted octanol–water partition coefficient (Wildman–Crippen LogP) is 2.76. The molecule has 0 bridgehead atoms. The minimum atomic E-state index is -0.619. The number of carbonyl (C=O) groups excluding carboxylic acids is 1. The lowest BCUT2D eigenvalue weighted by atomic mass is 10.3. The van der Waals surface area contributed by atoms with Gasteiger partial charge in [0.15, 0.2) is 0 Å². The molecule has 0 spiro atoms. The van der Waals surface area contributed by atoms with Crippen molar-refractivity contribution < 1.29 is 9.18 Å². The summed E-state index contributed by atoms with van der Waals surface area (Å²) in [4.78, 5) is 19.9. The third kappa shape index (κ3) is 10.5. The second kappa shape index (κ2) is 13.9. The van der Waals surface area contributed by atoms with Crippen LogP contribution in [-0.2, 0) is 4.79 Å². The molecule has 0 aliphatic carbocycles. The highest BCUT2D eigenvalue weighted by Gasteiger charge is 2.06. The van der Waals surface area contributed by atoms with Gasteiger partial charge in [0.25, 0.3) is 0 Å². The highest BCUT2D eigenvalue weighted by atomic mass is 19.1. The van der Waals surface area contributed by atoms with Gasteiger partial charge in [0.1, 0.15) is 12.5 Å². The number of rotatable bonds is 12. The molecule has 0 heterocycles.